The summed E-state index contributed by atoms with van der Waals surface area (Å²) >= 11 is 0. The van der Waals surface area contributed by atoms with Gasteiger partial charge in [-0.3, -0.25) is 9.59 Å². The zero-order chi connectivity index (χ0) is 14.8. The number of allylic oxidation sites excluding steroid dienone is 2. The molecule has 0 rings (SSSR count). The topological polar surface area (TPSA) is 63.6 Å². The molecule has 4 nitrogen and oxygen atoms in total. The van der Waals surface area contributed by atoms with Crippen LogP contribution in [0.3, 0.4) is 0 Å². The fourth-order valence-corrected chi connectivity index (χ4v) is 1.17. The molecule has 0 fully saturated rings. The van der Waals surface area contributed by atoms with Gasteiger partial charge in [-0.1, -0.05) is 18.2 Å². The van der Waals surface area contributed by atoms with Crippen LogP contribution >= 0.6 is 0 Å². The summed E-state index contributed by atoms with van der Waals surface area (Å²) in [7, 11) is 0. The molecule has 0 amide bonds. The van der Waals surface area contributed by atoms with Crippen molar-refractivity contribution in [3.05, 3.63) is 24.3 Å². The lowest BCUT2D eigenvalue weighted by Crippen LogP contribution is -2.27. The van der Waals surface area contributed by atoms with Crippen LogP contribution in [-0.2, 0) is 14.3 Å². The maximum Gasteiger partial charge on any atom is 0.303 e. The van der Waals surface area contributed by atoms with Gasteiger partial charge in [-0.25, -0.2) is 0 Å². The van der Waals surface area contributed by atoms with Crippen molar-refractivity contribution in [1.29, 1.82) is 0 Å². The number of carbonyl (C=O) groups excluding carboxylic acids is 1. The summed E-state index contributed by atoms with van der Waals surface area (Å²) in [6.45, 7) is 12.2. The van der Waals surface area contributed by atoms with Crippen LogP contribution in [-0.4, -0.2) is 22.6 Å². The van der Waals surface area contributed by atoms with Crippen molar-refractivity contribution in [2.75, 3.05) is 0 Å². The lowest BCUT2D eigenvalue weighted by atomic mass is 9.99. The Hall–Kier alpha value is -1.58. The van der Waals surface area contributed by atoms with Crippen molar-refractivity contribution < 1.29 is 19.4 Å². The van der Waals surface area contributed by atoms with Gasteiger partial charge in [-0.15, -0.1) is 0 Å². The number of carboxylic acids is 1. The largest absolute Gasteiger partial charge is 0.481 e. The number of aliphatic carboxylic acids is 1. The molecular formula is C14H24O4. The fraction of sp³-hybridized carbons (Fsp3) is 0.571. The van der Waals surface area contributed by atoms with Gasteiger partial charge >= 0.3 is 5.97 Å². The normalized spacial score (nSPS) is 12.3. The van der Waals surface area contributed by atoms with Crippen molar-refractivity contribution >= 4 is 11.9 Å². The number of carbonyl (C=O) groups is 2. The second kappa shape index (κ2) is 9.45. The molecule has 1 N–H and O–H groups in total. The number of rotatable bonds is 5. The minimum absolute atomic E-state index is 0.260. The quantitative estimate of drug-likeness (QED) is 0.605. The zero-order valence-corrected chi connectivity index (χ0v) is 11.9. The Morgan fingerprint density at radius 2 is 1.72 bits per heavy atom. The zero-order valence-electron chi connectivity index (χ0n) is 11.9. The first-order chi connectivity index (χ1) is 8.13. The molecule has 1 unspecified atom stereocenters. The van der Waals surface area contributed by atoms with E-state index in [0.29, 0.717) is 0 Å². The van der Waals surface area contributed by atoms with E-state index in [1.165, 1.54) is 12.5 Å². The first-order valence-electron chi connectivity index (χ1n) is 5.79. The van der Waals surface area contributed by atoms with Crippen LogP contribution in [0.5, 0.6) is 0 Å². The van der Waals surface area contributed by atoms with E-state index in [1.54, 1.807) is 6.08 Å². The third kappa shape index (κ3) is 14.4. The molecule has 0 saturated carbocycles. The van der Waals surface area contributed by atoms with E-state index in [-0.39, 0.29) is 5.97 Å². The van der Waals surface area contributed by atoms with Crippen molar-refractivity contribution in [2.24, 2.45) is 0 Å². The number of hydrogen-bond donors (Lipinski definition) is 1. The van der Waals surface area contributed by atoms with Gasteiger partial charge in [0.1, 0.15) is 5.60 Å². The van der Waals surface area contributed by atoms with E-state index in [4.69, 9.17) is 14.6 Å². The number of esters is 1. The van der Waals surface area contributed by atoms with Crippen LogP contribution in [0.4, 0.5) is 0 Å². The van der Waals surface area contributed by atoms with Crippen LogP contribution in [0.1, 0.15) is 47.5 Å². The maximum absolute atomic E-state index is 10.8. The van der Waals surface area contributed by atoms with E-state index in [1.807, 2.05) is 6.92 Å². The van der Waals surface area contributed by atoms with Gasteiger partial charge in [-0.05, 0) is 39.7 Å². The van der Waals surface area contributed by atoms with Crippen LogP contribution in [0.25, 0.3) is 0 Å². The molecule has 0 aromatic rings. The molecule has 0 saturated heterocycles. The SMILES string of the molecule is C=CC(C)(CCC=C(C)C)OC(C)=O.CC(=O)O. The maximum atomic E-state index is 10.8. The highest BCUT2D eigenvalue weighted by Gasteiger charge is 2.22. The highest BCUT2D eigenvalue weighted by Crippen LogP contribution is 2.19. The molecule has 0 aromatic carbocycles. The second-order valence-electron chi connectivity index (χ2n) is 4.45. The average molecular weight is 256 g/mol. The first kappa shape index (κ1) is 18.8. The smallest absolute Gasteiger partial charge is 0.303 e. The molecule has 0 spiro atoms. The Labute approximate surface area is 109 Å². The number of hydrogen-bond acceptors (Lipinski definition) is 3. The summed E-state index contributed by atoms with van der Waals surface area (Å²) in [6, 6.07) is 0. The Bertz CT molecular complexity index is 310. The monoisotopic (exact) mass is 256 g/mol. The van der Waals surface area contributed by atoms with Gasteiger partial charge in [0.05, 0.1) is 0 Å². The summed E-state index contributed by atoms with van der Waals surface area (Å²) < 4.78 is 5.18. The lowest BCUT2D eigenvalue weighted by molar-refractivity contribution is -0.151. The third-order valence-corrected chi connectivity index (χ3v) is 2.00. The van der Waals surface area contributed by atoms with Gasteiger partial charge < -0.3 is 9.84 Å². The molecule has 0 radical (unpaired) electrons. The number of carboxylic acid groups (broad SMARTS) is 1. The highest BCUT2D eigenvalue weighted by atomic mass is 16.6. The van der Waals surface area contributed by atoms with Crippen molar-refractivity contribution in [3.63, 3.8) is 0 Å². The molecule has 4 heteroatoms. The molecule has 0 aliphatic heterocycles. The number of ether oxygens (including phenoxy) is 1. The Kier molecular flexibility index (Phi) is 9.86. The molecule has 18 heavy (non-hydrogen) atoms. The Balaban J connectivity index is 0. The minimum atomic E-state index is -0.833. The highest BCUT2D eigenvalue weighted by molar-refractivity contribution is 5.66. The second-order valence-corrected chi connectivity index (χ2v) is 4.45. The molecule has 104 valence electrons. The van der Waals surface area contributed by atoms with Crippen molar-refractivity contribution in [1.82, 2.24) is 0 Å². The third-order valence-electron chi connectivity index (χ3n) is 2.00. The predicted molar refractivity (Wildman–Crippen MR) is 72.3 cm³/mol. The van der Waals surface area contributed by atoms with Gasteiger partial charge in [0.25, 0.3) is 5.97 Å². The van der Waals surface area contributed by atoms with Gasteiger partial charge in [0.2, 0.25) is 0 Å². The molecule has 0 bridgehead atoms. The van der Waals surface area contributed by atoms with E-state index < -0.39 is 11.6 Å². The summed E-state index contributed by atoms with van der Waals surface area (Å²) in [5.41, 5.74) is 0.747. The minimum Gasteiger partial charge on any atom is -0.481 e. The predicted octanol–water partition coefficient (Wildman–Crippen LogP) is 3.33. The molecule has 0 aliphatic rings. The van der Waals surface area contributed by atoms with E-state index in [2.05, 4.69) is 26.5 Å². The van der Waals surface area contributed by atoms with Gasteiger partial charge in [0.15, 0.2) is 0 Å². The summed E-state index contributed by atoms with van der Waals surface area (Å²) in [4.78, 5) is 19.8. The summed E-state index contributed by atoms with van der Waals surface area (Å²) in [5.74, 6) is -1.09. The van der Waals surface area contributed by atoms with Gasteiger partial charge in [0, 0.05) is 13.8 Å². The van der Waals surface area contributed by atoms with E-state index in [9.17, 15) is 4.79 Å². The molecular weight excluding hydrogens is 232 g/mol. The summed E-state index contributed by atoms with van der Waals surface area (Å²) in [6.07, 6.45) is 5.50. The fourth-order valence-electron chi connectivity index (χ4n) is 1.17. The van der Waals surface area contributed by atoms with E-state index >= 15 is 0 Å². The first-order valence-corrected chi connectivity index (χ1v) is 5.79. The molecule has 1 atom stereocenters. The van der Waals surface area contributed by atoms with Crippen LogP contribution < -0.4 is 0 Å². The van der Waals surface area contributed by atoms with Crippen LogP contribution in [0, 0.1) is 0 Å². The van der Waals surface area contributed by atoms with Gasteiger partial charge in [-0.2, -0.15) is 0 Å². The van der Waals surface area contributed by atoms with Crippen molar-refractivity contribution in [2.45, 2.75) is 53.1 Å². The van der Waals surface area contributed by atoms with Crippen LogP contribution in [0.15, 0.2) is 24.3 Å². The lowest BCUT2D eigenvalue weighted by Gasteiger charge is -2.24. The Morgan fingerprint density at radius 3 is 2.00 bits per heavy atom. The molecule has 0 aromatic heterocycles. The standard InChI is InChI=1S/C12H20O2.C2H4O2/c1-6-12(5,14-11(4)13)9-7-8-10(2)3;1-2(3)4/h6,8H,1,7,9H2,2-5H3;1H3,(H,3,4). The summed E-state index contributed by atoms with van der Waals surface area (Å²) in [5, 5.41) is 7.42. The average Bonchev–Trinajstić information content (AvgIpc) is 2.14. The molecule has 0 aliphatic carbocycles. The Morgan fingerprint density at radius 1 is 1.28 bits per heavy atom. The van der Waals surface area contributed by atoms with Crippen molar-refractivity contribution in [3.8, 4) is 0 Å². The van der Waals surface area contributed by atoms with E-state index in [0.717, 1.165) is 19.8 Å². The van der Waals surface area contributed by atoms with Crippen LogP contribution in [0.2, 0.25) is 0 Å². The molecule has 0 heterocycles.